The van der Waals surface area contributed by atoms with E-state index in [1.54, 1.807) is 16.8 Å². The number of aliphatic hydroxyl groups is 1. The summed E-state index contributed by atoms with van der Waals surface area (Å²) in [6.45, 7) is 7.68. The van der Waals surface area contributed by atoms with Crippen LogP contribution >= 0.6 is 0 Å². The highest BCUT2D eigenvalue weighted by atomic mass is 19.4. The third-order valence-electron chi connectivity index (χ3n) is 6.91. The number of rotatable bonds is 12. The molecular formula is C30H37F4N5O3. The molecule has 228 valence electrons. The predicted molar refractivity (Wildman–Crippen MR) is 150 cm³/mol. The normalized spacial score (nSPS) is 15.6. The topological polar surface area (TPSA) is 82.9 Å². The number of alkyl halides is 3. The summed E-state index contributed by atoms with van der Waals surface area (Å²) in [7, 11) is 0. The number of hydrogen-bond donors (Lipinski definition) is 2. The smallest absolute Gasteiger partial charge is 0.416 e. The van der Waals surface area contributed by atoms with Gasteiger partial charge in [0.15, 0.2) is 0 Å². The summed E-state index contributed by atoms with van der Waals surface area (Å²) >= 11 is 0. The second-order valence-corrected chi connectivity index (χ2v) is 11.0. The predicted octanol–water partition coefficient (Wildman–Crippen LogP) is 3.90. The van der Waals surface area contributed by atoms with Crippen molar-refractivity contribution in [3.8, 4) is 11.4 Å². The Morgan fingerprint density at radius 1 is 1.02 bits per heavy atom. The van der Waals surface area contributed by atoms with Gasteiger partial charge >= 0.3 is 6.18 Å². The van der Waals surface area contributed by atoms with Gasteiger partial charge in [-0.3, -0.25) is 14.6 Å². The summed E-state index contributed by atoms with van der Waals surface area (Å²) in [5.74, 6) is 0.229. The summed E-state index contributed by atoms with van der Waals surface area (Å²) in [5, 5.41) is 17.9. The number of aliphatic hydroxyl groups excluding tert-OH is 1. The van der Waals surface area contributed by atoms with Gasteiger partial charge in [-0.15, -0.1) is 0 Å². The molecule has 1 fully saturated rings. The zero-order valence-corrected chi connectivity index (χ0v) is 23.8. The van der Waals surface area contributed by atoms with Gasteiger partial charge in [-0.1, -0.05) is 13.8 Å². The number of aromatic nitrogens is 2. The average Bonchev–Trinajstić information content (AvgIpc) is 3.34. The van der Waals surface area contributed by atoms with Gasteiger partial charge in [-0.2, -0.15) is 18.3 Å². The molecule has 1 saturated heterocycles. The number of carbonyl (C=O) groups excluding carboxylic acids is 1. The average molecular weight is 592 g/mol. The molecule has 1 aromatic heterocycles. The number of nitrogens with one attached hydrogen (secondary N) is 1. The molecule has 2 aromatic carbocycles. The quantitative estimate of drug-likeness (QED) is 0.311. The zero-order valence-electron chi connectivity index (χ0n) is 23.8. The number of piperazine rings is 1. The van der Waals surface area contributed by atoms with Crippen LogP contribution in [0.15, 0.2) is 54.6 Å². The van der Waals surface area contributed by atoms with E-state index in [2.05, 4.69) is 29.2 Å². The van der Waals surface area contributed by atoms with Crippen LogP contribution in [0.5, 0.6) is 5.75 Å². The molecule has 3 aromatic rings. The molecule has 0 bridgehead atoms. The van der Waals surface area contributed by atoms with Crippen molar-refractivity contribution < 1.29 is 32.2 Å². The highest BCUT2D eigenvalue weighted by Crippen LogP contribution is 2.30. The molecule has 1 amide bonds. The van der Waals surface area contributed by atoms with E-state index in [1.165, 1.54) is 24.3 Å². The van der Waals surface area contributed by atoms with E-state index >= 15 is 0 Å². The third-order valence-corrected chi connectivity index (χ3v) is 6.91. The number of amides is 1. The number of ether oxygens (including phenoxy) is 1. The second kappa shape index (κ2) is 14.1. The van der Waals surface area contributed by atoms with E-state index in [1.807, 2.05) is 11.0 Å². The fraction of sp³-hybridized carbons (Fsp3) is 0.467. The maximum absolute atomic E-state index is 13.4. The first-order valence-corrected chi connectivity index (χ1v) is 14.0. The summed E-state index contributed by atoms with van der Waals surface area (Å²) < 4.78 is 58.7. The molecule has 2 N–H and O–H groups in total. The first-order chi connectivity index (χ1) is 20.0. The molecule has 4 rings (SSSR count). The van der Waals surface area contributed by atoms with E-state index in [-0.39, 0.29) is 37.2 Å². The Morgan fingerprint density at radius 3 is 2.29 bits per heavy atom. The maximum Gasteiger partial charge on any atom is 0.416 e. The number of hydrogen-bond acceptors (Lipinski definition) is 6. The molecule has 0 saturated carbocycles. The molecule has 0 spiro atoms. The Hall–Kier alpha value is -3.48. The first kappa shape index (κ1) is 31.5. The van der Waals surface area contributed by atoms with Crippen molar-refractivity contribution >= 4 is 5.91 Å². The van der Waals surface area contributed by atoms with Gasteiger partial charge in [0.1, 0.15) is 24.3 Å². The van der Waals surface area contributed by atoms with Gasteiger partial charge in [-0.05, 0) is 66.9 Å². The number of carbonyl (C=O) groups is 1. The highest BCUT2D eigenvalue weighted by molar-refractivity contribution is 5.78. The molecule has 42 heavy (non-hydrogen) atoms. The number of halogens is 4. The second-order valence-electron chi connectivity index (χ2n) is 11.0. The van der Waals surface area contributed by atoms with Crippen LogP contribution in [0.4, 0.5) is 17.6 Å². The van der Waals surface area contributed by atoms with Crippen LogP contribution in [0, 0.1) is 11.7 Å². The van der Waals surface area contributed by atoms with Crippen LogP contribution in [0.25, 0.3) is 5.69 Å². The minimum atomic E-state index is -4.41. The standard InChI is InChI=1S/C30H37F4N5O3/c1-21(2)15-26-16-24(36-39(26)25-7-5-23(31)6-8-25)17-35-29(41)19-38-13-11-37(12-14-38)18-27(40)20-42-28-9-3-22(4-10-28)30(32,33)34/h3-10,16,21,27,40H,11-15,17-20H2,1-2H3,(H,35,41)/t27-/m1/s1. The van der Waals surface area contributed by atoms with E-state index < -0.39 is 17.8 Å². The van der Waals surface area contributed by atoms with Crippen LogP contribution in [-0.4, -0.2) is 82.6 Å². The highest BCUT2D eigenvalue weighted by Gasteiger charge is 2.30. The molecule has 0 unspecified atom stereocenters. The third kappa shape index (κ3) is 9.27. The Kier molecular flexibility index (Phi) is 10.6. The summed E-state index contributed by atoms with van der Waals surface area (Å²) in [6, 6.07) is 12.5. The summed E-state index contributed by atoms with van der Waals surface area (Å²) in [5.41, 5.74) is 1.72. The van der Waals surface area contributed by atoms with Gasteiger partial charge in [0, 0.05) is 38.4 Å². The van der Waals surface area contributed by atoms with Crippen molar-refractivity contribution in [1.29, 1.82) is 0 Å². The minimum absolute atomic E-state index is 0.0379. The number of benzene rings is 2. The van der Waals surface area contributed by atoms with Gasteiger partial charge in [0.2, 0.25) is 5.91 Å². The SMILES string of the molecule is CC(C)Cc1cc(CNC(=O)CN2CCN(C[C@@H](O)COc3ccc(C(F)(F)F)cc3)CC2)nn1-c1ccc(F)cc1. The monoisotopic (exact) mass is 591 g/mol. The largest absolute Gasteiger partial charge is 0.491 e. The van der Waals surface area contributed by atoms with Crippen LogP contribution in [0.3, 0.4) is 0 Å². The van der Waals surface area contributed by atoms with Crippen LogP contribution in [0.1, 0.15) is 30.8 Å². The van der Waals surface area contributed by atoms with Crippen LogP contribution < -0.4 is 10.1 Å². The fourth-order valence-electron chi connectivity index (χ4n) is 4.79. The zero-order chi connectivity index (χ0) is 30.3. The van der Waals surface area contributed by atoms with E-state index in [0.717, 1.165) is 35.6 Å². The van der Waals surface area contributed by atoms with E-state index in [9.17, 15) is 27.5 Å². The van der Waals surface area contributed by atoms with E-state index in [4.69, 9.17) is 4.74 Å². The van der Waals surface area contributed by atoms with Crippen molar-refractivity contribution in [2.75, 3.05) is 45.9 Å². The molecule has 12 heteroatoms. The Balaban J connectivity index is 1.18. The van der Waals surface area contributed by atoms with Gasteiger partial charge in [0.05, 0.1) is 30.0 Å². The van der Waals surface area contributed by atoms with Crippen molar-refractivity contribution in [1.82, 2.24) is 24.9 Å². The minimum Gasteiger partial charge on any atom is -0.491 e. The maximum atomic E-state index is 13.4. The van der Waals surface area contributed by atoms with E-state index in [0.29, 0.717) is 38.6 Å². The van der Waals surface area contributed by atoms with Crippen LogP contribution in [0.2, 0.25) is 0 Å². The number of β-amino-alcohol motifs (C(OH)–C–C–N with tert-alkyl or cyclic N) is 1. The number of nitrogens with zero attached hydrogens (tertiary/aromatic N) is 4. The Bertz CT molecular complexity index is 1290. The fourth-order valence-corrected chi connectivity index (χ4v) is 4.79. The molecule has 1 aliphatic heterocycles. The molecule has 0 radical (unpaired) electrons. The van der Waals surface area contributed by atoms with Gasteiger partial charge in [0.25, 0.3) is 0 Å². The van der Waals surface area contributed by atoms with Crippen molar-refractivity contribution in [3.63, 3.8) is 0 Å². The van der Waals surface area contributed by atoms with Crippen molar-refractivity contribution in [3.05, 3.63) is 77.4 Å². The molecule has 1 atom stereocenters. The summed E-state index contributed by atoms with van der Waals surface area (Å²) in [4.78, 5) is 16.8. The Labute approximate surface area is 242 Å². The van der Waals surface area contributed by atoms with Crippen LogP contribution in [-0.2, 0) is 23.9 Å². The van der Waals surface area contributed by atoms with Crippen molar-refractivity contribution in [2.24, 2.45) is 5.92 Å². The lowest BCUT2D eigenvalue weighted by molar-refractivity contribution is -0.137. The lowest BCUT2D eigenvalue weighted by Gasteiger charge is -2.35. The molecule has 1 aliphatic rings. The molecule has 2 heterocycles. The van der Waals surface area contributed by atoms with Gasteiger partial charge < -0.3 is 15.2 Å². The first-order valence-electron chi connectivity index (χ1n) is 14.0. The summed E-state index contributed by atoms with van der Waals surface area (Å²) in [6.07, 6.45) is -4.43. The molecular weight excluding hydrogens is 554 g/mol. The van der Waals surface area contributed by atoms with Gasteiger partial charge in [-0.25, -0.2) is 9.07 Å². The Morgan fingerprint density at radius 2 is 1.67 bits per heavy atom. The lowest BCUT2D eigenvalue weighted by atomic mass is 10.1. The molecule has 0 aliphatic carbocycles. The van der Waals surface area contributed by atoms with Crippen molar-refractivity contribution in [2.45, 2.75) is 39.1 Å². The molecule has 8 nitrogen and oxygen atoms in total. The lowest BCUT2D eigenvalue weighted by Crippen LogP contribution is -2.51.